The van der Waals surface area contributed by atoms with Crippen molar-refractivity contribution >= 4 is 11.2 Å². The van der Waals surface area contributed by atoms with Crippen molar-refractivity contribution in [3.63, 3.8) is 0 Å². The van der Waals surface area contributed by atoms with Gasteiger partial charge in [-0.1, -0.05) is 20.8 Å². The first-order valence-electron chi connectivity index (χ1n) is 4.90. The maximum atomic E-state index is 11.1. The smallest absolute Gasteiger partial charge is 0.276 e. The van der Waals surface area contributed by atoms with Gasteiger partial charge in [0.2, 0.25) is 0 Å². The van der Waals surface area contributed by atoms with Gasteiger partial charge in [-0.15, -0.1) is 0 Å². The highest BCUT2D eigenvalue weighted by molar-refractivity contribution is 5.67. The van der Waals surface area contributed by atoms with E-state index in [1.165, 1.54) is 6.33 Å². The number of rotatable bonds is 0. The van der Waals surface area contributed by atoms with Crippen LogP contribution in [0.3, 0.4) is 0 Å². The summed E-state index contributed by atoms with van der Waals surface area (Å²) in [6, 6.07) is 0. The highest BCUT2D eigenvalue weighted by atomic mass is 16.1. The Labute approximate surface area is 88.0 Å². The van der Waals surface area contributed by atoms with E-state index in [0.717, 1.165) is 5.92 Å². The van der Waals surface area contributed by atoms with E-state index in [2.05, 4.69) is 40.7 Å². The molecule has 0 atom stereocenters. The Bertz CT molecular complexity index is 481. The molecule has 0 aliphatic rings. The lowest BCUT2D eigenvalue weighted by molar-refractivity contribution is 0.737. The van der Waals surface area contributed by atoms with Gasteiger partial charge >= 0.3 is 0 Å². The summed E-state index contributed by atoms with van der Waals surface area (Å²) < 4.78 is 0. The quantitative estimate of drug-likeness (QED) is 0.690. The van der Waals surface area contributed by atoms with Gasteiger partial charge in [-0.3, -0.25) is 4.79 Å². The number of hydrogen-bond donors (Lipinski definition) is 2. The standard InChI is InChI=1S/C6H6N4O.C4H10/c1-3-9-5-4(6(11)10-3)7-2-8-5;1-4(2)3/h2H,1H3,(H2,7,8,9,10,11);4H,1-3H3. The number of nitrogens with one attached hydrogen (secondary N) is 2. The first-order chi connectivity index (χ1) is 7.00. The molecule has 0 fully saturated rings. The molecule has 5 heteroatoms. The summed E-state index contributed by atoms with van der Waals surface area (Å²) in [5.74, 6) is 1.41. The minimum absolute atomic E-state index is 0.176. The van der Waals surface area contributed by atoms with Gasteiger partial charge in [0, 0.05) is 0 Å². The topological polar surface area (TPSA) is 74.4 Å². The van der Waals surface area contributed by atoms with Gasteiger partial charge in [-0.25, -0.2) is 9.97 Å². The summed E-state index contributed by atoms with van der Waals surface area (Å²) in [5, 5.41) is 0. The van der Waals surface area contributed by atoms with Gasteiger partial charge < -0.3 is 9.97 Å². The lowest BCUT2D eigenvalue weighted by Gasteiger charge is -1.89. The van der Waals surface area contributed by atoms with Gasteiger partial charge in [0.1, 0.15) is 5.82 Å². The van der Waals surface area contributed by atoms with Gasteiger partial charge in [-0.05, 0) is 12.8 Å². The highest BCUT2D eigenvalue weighted by Crippen LogP contribution is 1.97. The predicted molar refractivity (Wildman–Crippen MR) is 59.8 cm³/mol. The fourth-order valence-corrected chi connectivity index (χ4v) is 0.953. The molecule has 0 saturated heterocycles. The highest BCUT2D eigenvalue weighted by Gasteiger charge is 2.01. The number of aromatic nitrogens is 4. The van der Waals surface area contributed by atoms with Crippen molar-refractivity contribution in [2.24, 2.45) is 5.92 Å². The van der Waals surface area contributed by atoms with E-state index in [4.69, 9.17) is 0 Å². The minimum Gasteiger partial charge on any atom is -0.339 e. The van der Waals surface area contributed by atoms with Crippen molar-refractivity contribution in [2.45, 2.75) is 27.7 Å². The van der Waals surface area contributed by atoms with Crippen molar-refractivity contribution in [1.29, 1.82) is 0 Å². The van der Waals surface area contributed by atoms with Crippen LogP contribution >= 0.6 is 0 Å². The van der Waals surface area contributed by atoms with Crippen LogP contribution in [0, 0.1) is 12.8 Å². The molecule has 2 rings (SSSR count). The van der Waals surface area contributed by atoms with Crippen molar-refractivity contribution in [3.8, 4) is 0 Å². The third-order valence-corrected chi connectivity index (χ3v) is 1.41. The third-order valence-electron chi connectivity index (χ3n) is 1.41. The first-order valence-corrected chi connectivity index (χ1v) is 4.90. The molecule has 0 saturated carbocycles. The van der Waals surface area contributed by atoms with Gasteiger partial charge in [0.25, 0.3) is 5.56 Å². The van der Waals surface area contributed by atoms with Crippen LogP contribution in [-0.2, 0) is 0 Å². The minimum atomic E-state index is -0.176. The van der Waals surface area contributed by atoms with Crippen LogP contribution in [0.2, 0.25) is 0 Å². The molecule has 2 heterocycles. The Morgan fingerprint density at radius 2 is 1.93 bits per heavy atom. The molecule has 5 nitrogen and oxygen atoms in total. The van der Waals surface area contributed by atoms with E-state index in [9.17, 15) is 4.79 Å². The number of H-pyrrole nitrogens is 2. The average molecular weight is 208 g/mol. The second-order valence-electron chi connectivity index (χ2n) is 3.98. The van der Waals surface area contributed by atoms with Gasteiger partial charge in [0.15, 0.2) is 11.2 Å². The fourth-order valence-electron chi connectivity index (χ4n) is 0.953. The van der Waals surface area contributed by atoms with E-state index in [1.807, 2.05) is 0 Å². The fraction of sp³-hybridized carbons (Fsp3) is 0.500. The van der Waals surface area contributed by atoms with Crippen LogP contribution in [0.4, 0.5) is 0 Å². The maximum absolute atomic E-state index is 11.1. The lowest BCUT2D eigenvalue weighted by atomic mass is 10.3. The first kappa shape index (κ1) is 11.4. The van der Waals surface area contributed by atoms with Gasteiger partial charge in [0.05, 0.1) is 6.33 Å². The van der Waals surface area contributed by atoms with Crippen LogP contribution in [0.1, 0.15) is 26.6 Å². The average Bonchev–Trinajstić information content (AvgIpc) is 2.50. The van der Waals surface area contributed by atoms with Crippen molar-refractivity contribution < 1.29 is 0 Å². The molecule has 2 aromatic heterocycles. The summed E-state index contributed by atoms with van der Waals surface area (Å²) in [4.78, 5) is 24.2. The molecule has 2 aromatic rings. The zero-order valence-electron chi connectivity index (χ0n) is 9.46. The molecule has 15 heavy (non-hydrogen) atoms. The van der Waals surface area contributed by atoms with E-state index in [1.54, 1.807) is 6.92 Å². The number of hydrogen-bond acceptors (Lipinski definition) is 3. The van der Waals surface area contributed by atoms with E-state index < -0.39 is 0 Å². The Kier molecular flexibility index (Phi) is 3.60. The van der Waals surface area contributed by atoms with Crippen LogP contribution in [-0.4, -0.2) is 19.9 Å². The van der Waals surface area contributed by atoms with E-state index >= 15 is 0 Å². The number of aromatic amines is 2. The normalized spacial score (nSPS) is 10.2. The zero-order chi connectivity index (χ0) is 11.4. The zero-order valence-corrected chi connectivity index (χ0v) is 9.46. The monoisotopic (exact) mass is 208 g/mol. The number of nitrogens with zero attached hydrogens (tertiary/aromatic N) is 2. The molecule has 0 aromatic carbocycles. The van der Waals surface area contributed by atoms with Crippen molar-refractivity contribution in [3.05, 3.63) is 22.5 Å². The van der Waals surface area contributed by atoms with Crippen LogP contribution in [0.25, 0.3) is 11.2 Å². The molecular formula is C10H16N4O. The summed E-state index contributed by atoms with van der Waals surface area (Å²) >= 11 is 0. The second-order valence-corrected chi connectivity index (χ2v) is 3.98. The third kappa shape index (κ3) is 3.19. The SMILES string of the molecule is CC(C)C.Cc1nc2nc[nH]c2c(=O)[nH]1. The molecule has 0 aliphatic heterocycles. The molecule has 0 unspecified atom stereocenters. The van der Waals surface area contributed by atoms with Crippen LogP contribution in [0.15, 0.2) is 11.1 Å². The molecule has 0 radical (unpaired) electrons. The maximum Gasteiger partial charge on any atom is 0.276 e. The summed E-state index contributed by atoms with van der Waals surface area (Å²) in [7, 11) is 0. The molecule has 0 aliphatic carbocycles. The van der Waals surface area contributed by atoms with E-state index in [-0.39, 0.29) is 5.56 Å². The largest absolute Gasteiger partial charge is 0.339 e. The number of aryl methyl sites for hydroxylation is 1. The number of imidazole rings is 1. The Morgan fingerprint density at radius 1 is 1.33 bits per heavy atom. The molecule has 0 spiro atoms. The second kappa shape index (κ2) is 4.72. The van der Waals surface area contributed by atoms with Crippen LogP contribution in [0.5, 0.6) is 0 Å². The van der Waals surface area contributed by atoms with Gasteiger partial charge in [-0.2, -0.15) is 0 Å². The lowest BCUT2D eigenvalue weighted by Crippen LogP contribution is -2.09. The number of fused-ring (bicyclic) bond motifs is 1. The summed E-state index contributed by atoms with van der Waals surface area (Å²) in [6.45, 7) is 8.22. The molecule has 82 valence electrons. The summed E-state index contributed by atoms with van der Waals surface area (Å²) in [6.07, 6.45) is 1.45. The predicted octanol–water partition coefficient (Wildman–Crippen LogP) is 1.62. The molecule has 2 N–H and O–H groups in total. The Balaban J connectivity index is 0.000000245. The van der Waals surface area contributed by atoms with Crippen LogP contribution < -0.4 is 5.56 Å². The molecule has 0 amide bonds. The summed E-state index contributed by atoms with van der Waals surface area (Å²) in [5.41, 5.74) is 0.715. The van der Waals surface area contributed by atoms with E-state index in [0.29, 0.717) is 17.0 Å². The van der Waals surface area contributed by atoms with Crippen molar-refractivity contribution in [1.82, 2.24) is 19.9 Å². The molecular weight excluding hydrogens is 192 g/mol. The Hall–Kier alpha value is -1.65. The Morgan fingerprint density at radius 3 is 2.53 bits per heavy atom. The molecule has 0 bridgehead atoms. The van der Waals surface area contributed by atoms with Crippen molar-refractivity contribution in [2.75, 3.05) is 0 Å².